The fourth-order valence-electron chi connectivity index (χ4n) is 1.33. The SMILES string of the molecule is S=C1CC[C]c2ccccc21. The summed E-state index contributed by atoms with van der Waals surface area (Å²) >= 11 is 5.22. The van der Waals surface area contributed by atoms with E-state index in [1.54, 1.807) is 0 Å². The number of thiocarbonyl (C=S) groups is 1. The van der Waals surface area contributed by atoms with Crippen LogP contribution in [0.15, 0.2) is 24.3 Å². The first-order valence-corrected chi connectivity index (χ1v) is 4.15. The van der Waals surface area contributed by atoms with E-state index in [2.05, 4.69) is 18.6 Å². The number of hydrogen-bond acceptors (Lipinski definition) is 1. The fraction of sp³-hybridized carbons (Fsp3) is 0.200. The van der Waals surface area contributed by atoms with E-state index >= 15 is 0 Å². The topological polar surface area (TPSA) is 0 Å². The molecule has 0 N–H and O–H groups in total. The van der Waals surface area contributed by atoms with Crippen LogP contribution in [0.25, 0.3) is 0 Å². The van der Waals surface area contributed by atoms with Gasteiger partial charge >= 0.3 is 0 Å². The van der Waals surface area contributed by atoms with Crippen molar-refractivity contribution >= 4 is 17.1 Å². The largest absolute Gasteiger partial charge is 0.0843 e. The van der Waals surface area contributed by atoms with E-state index in [0.29, 0.717) is 0 Å². The van der Waals surface area contributed by atoms with Gasteiger partial charge < -0.3 is 0 Å². The van der Waals surface area contributed by atoms with Crippen molar-refractivity contribution < 1.29 is 0 Å². The third-order valence-corrected chi connectivity index (χ3v) is 2.32. The van der Waals surface area contributed by atoms with Crippen LogP contribution in [0, 0.1) is 6.42 Å². The van der Waals surface area contributed by atoms with Crippen LogP contribution in [-0.4, -0.2) is 4.86 Å². The second kappa shape index (κ2) is 2.74. The molecular formula is C10H8S. The van der Waals surface area contributed by atoms with Gasteiger partial charge in [-0.3, -0.25) is 0 Å². The van der Waals surface area contributed by atoms with Crippen molar-refractivity contribution in [2.45, 2.75) is 12.8 Å². The van der Waals surface area contributed by atoms with Crippen LogP contribution < -0.4 is 0 Å². The lowest BCUT2D eigenvalue weighted by molar-refractivity contribution is 1.01. The first-order valence-electron chi connectivity index (χ1n) is 3.74. The number of benzene rings is 1. The van der Waals surface area contributed by atoms with Gasteiger partial charge in [-0.2, -0.15) is 0 Å². The molecule has 0 amide bonds. The number of fused-ring (bicyclic) bond motifs is 1. The predicted octanol–water partition coefficient (Wildman–Crippen LogP) is 2.63. The number of rotatable bonds is 0. The molecule has 0 atom stereocenters. The molecule has 0 saturated carbocycles. The zero-order valence-corrected chi connectivity index (χ0v) is 6.95. The first kappa shape index (κ1) is 6.99. The average molecular weight is 160 g/mol. The second-order valence-corrected chi connectivity index (χ2v) is 3.14. The summed E-state index contributed by atoms with van der Waals surface area (Å²) < 4.78 is 0. The van der Waals surface area contributed by atoms with Gasteiger partial charge in [-0.15, -0.1) is 0 Å². The summed E-state index contributed by atoms with van der Waals surface area (Å²) in [6.45, 7) is 0. The molecule has 0 bridgehead atoms. The Bertz CT molecular complexity index is 289. The Morgan fingerprint density at radius 2 is 2.09 bits per heavy atom. The molecule has 1 aromatic rings. The van der Waals surface area contributed by atoms with E-state index in [1.165, 1.54) is 11.1 Å². The monoisotopic (exact) mass is 160 g/mol. The van der Waals surface area contributed by atoms with E-state index < -0.39 is 0 Å². The molecule has 1 heteroatoms. The lowest BCUT2D eigenvalue weighted by Crippen LogP contribution is -2.07. The summed E-state index contributed by atoms with van der Waals surface area (Å²) in [5.41, 5.74) is 2.39. The summed E-state index contributed by atoms with van der Waals surface area (Å²) in [6, 6.07) is 8.20. The van der Waals surface area contributed by atoms with Gasteiger partial charge in [-0.05, 0) is 24.0 Å². The van der Waals surface area contributed by atoms with Crippen LogP contribution in [0.5, 0.6) is 0 Å². The van der Waals surface area contributed by atoms with Gasteiger partial charge in [0.05, 0.1) is 0 Å². The van der Waals surface area contributed by atoms with Crippen molar-refractivity contribution in [3.05, 3.63) is 41.8 Å². The molecule has 1 aromatic carbocycles. The first-order chi connectivity index (χ1) is 5.38. The maximum Gasteiger partial charge on any atom is 0.0227 e. The highest BCUT2D eigenvalue weighted by Gasteiger charge is 2.12. The molecule has 2 radical (unpaired) electrons. The Labute approximate surface area is 72.2 Å². The molecule has 11 heavy (non-hydrogen) atoms. The smallest absolute Gasteiger partial charge is 0.0227 e. The highest BCUT2D eigenvalue weighted by Crippen LogP contribution is 2.22. The standard InChI is InChI=1S/C10H8S/c11-10-7-3-5-8-4-1-2-6-9(8)10/h1-2,4,6H,3,7H2. The van der Waals surface area contributed by atoms with E-state index in [1.807, 2.05) is 12.1 Å². The molecule has 1 aliphatic carbocycles. The van der Waals surface area contributed by atoms with Gasteiger partial charge in [-0.1, -0.05) is 36.5 Å². The lowest BCUT2D eigenvalue weighted by atomic mass is 9.92. The van der Waals surface area contributed by atoms with Crippen molar-refractivity contribution in [3.8, 4) is 0 Å². The molecule has 0 saturated heterocycles. The zero-order chi connectivity index (χ0) is 7.68. The van der Waals surface area contributed by atoms with Crippen LogP contribution >= 0.6 is 12.2 Å². The maximum atomic E-state index is 5.22. The molecule has 0 heterocycles. The Hall–Kier alpha value is -0.690. The van der Waals surface area contributed by atoms with Gasteiger partial charge in [0.15, 0.2) is 0 Å². The van der Waals surface area contributed by atoms with Gasteiger partial charge in [0.25, 0.3) is 0 Å². The fourth-order valence-corrected chi connectivity index (χ4v) is 1.61. The van der Waals surface area contributed by atoms with E-state index in [4.69, 9.17) is 12.2 Å². The minimum absolute atomic E-state index is 0.982. The Morgan fingerprint density at radius 3 is 2.91 bits per heavy atom. The van der Waals surface area contributed by atoms with Crippen molar-refractivity contribution in [1.82, 2.24) is 0 Å². The summed E-state index contributed by atoms with van der Waals surface area (Å²) in [6.07, 6.45) is 5.28. The van der Waals surface area contributed by atoms with Crippen LogP contribution in [0.4, 0.5) is 0 Å². The van der Waals surface area contributed by atoms with E-state index in [0.717, 1.165) is 17.7 Å². The summed E-state index contributed by atoms with van der Waals surface area (Å²) in [5.74, 6) is 0. The van der Waals surface area contributed by atoms with E-state index in [9.17, 15) is 0 Å². The van der Waals surface area contributed by atoms with Gasteiger partial charge in [0.1, 0.15) is 0 Å². The summed E-state index contributed by atoms with van der Waals surface area (Å²) in [7, 11) is 0. The molecule has 0 fully saturated rings. The molecule has 0 unspecified atom stereocenters. The van der Waals surface area contributed by atoms with Crippen LogP contribution in [0.3, 0.4) is 0 Å². The molecule has 0 nitrogen and oxygen atoms in total. The highest BCUT2D eigenvalue weighted by atomic mass is 32.1. The molecular weight excluding hydrogens is 152 g/mol. The van der Waals surface area contributed by atoms with Crippen molar-refractivity contribution in [3.63, 3.8) is 0 Å². The lowest BCUT2D eigenvalue weighted by Gasteiger charge is -2.14. The zero-order valence-electron chi connectivity index (χ0n) is 6.13. The normalized spacial score (nSPS) is 16.2. The molecule has 0 aromatic heterocycles. The molecule has 54 valence electrons. The van der Waals surface area contributed by atoms with Crippen molar-refractivity contribution in [1.29, 1.82) is 0 Å². The van der Waals surface area contributed by atoms with Crippen molar-refractivity contribution in [2.75, 3.05) is 0 Å². The average Bonchev–Trinajstić information content (AvgIpc) is 2.06. The molecule has 1 aliphatic rings. The van der Waals surface area contributed by atoms with Crippen LogP contribution in [0.2, 0.25) is 0 Å². The maximum absolute atomic E-state index is 5.22. The Balaban J connectivity index is 2.52. The Morgan fingerprint density at radius 1 is 1.27 bits per heavy atom. The van der Waals surface area contributed by atoms with Crippen molar-refractivity contribution in [2.24, 2.45) is 0 Å². The van der Waals surface area contributed by atoms with E-state index in [-0.39, 0.29) is 0 Å². The second-order valence-electron chi connectivity index (χ2n) is 2.65. The van der Waals surface area contributed by atoms with Crippen LogP contribution in [0.1, 0.15) is 24.0 Å². The molecule has 2 rings (SSSR count). The third kappa shape index (κ3) is 1.21. The predicted molar refractivity (Wildman–Crippen MR) is 49.7 cm³/mol. The van der Waals surface area contributed by atoms with Gasteiger partial charge in [-0.25, -0.2) is 0 Å². The van der Waals surface area contributed by atoms with Crippen LogP contribution in [-0.2, 0) is 0 Å². The molecule has 0 spiro atoms. The summed E-state index contributed by atoms with van der Waals surface area (Å²) in [4.78, 5) is 1.08. The summed E-state index contributed by atoms with van der Waals surface area (Å²) in [5, 5.41) is 0. The highest BCUT2D eigenvalue weighted by molar-refractivity contribution is 7.80. The van der Waals surface area contributed by atoms with Gasteiger partial charge in [0, 0.05) is 11.3 Å². The Kier molecular flexibility index (Phi) is 1.74. The molecule has 0 aliphatic heterocycles. The van der Waals surface area contributed by atoms with Gasteiger partial charge in [0.2, 0.25) is 0 Å². The quantitative estimate of drug-likeness (QED) is 0.526. The minimum atomic E-state index is 0.982. The number of hydrogen-bond donors (Lipinski definition) is 0. The third-order valence-electron chi connectivity index (χ3n) is 1.89. The minimum Gasteiger partial charge on any atom is -0.0843 e.